The summed E-state index contributed by atoms with van der Waals surface area (Å²) in [7, 11) is 0. The van der Waals surface area contributed by atoms with E-state index in [0.29, 0.717) is 0 Å². The molecule has 0 aliphatic rings. The van der Waals surface area contributed by atoms with Crippen LogP contribution in [0.25, 0.3) is 0 Å². The summed E-state index contributed by atoms with van der Waals surface area (Å²) in [6.45, 7) is 0. The van der Waals surface area contributed by atoms with Crippen LogP contribution in [0.4, 0.5) is 0 Å². The monoisotopic (exact) mass is 272 g/mol. The first-order valence-corrected chi connectivity index (χ1v) is 3.11. The van der Waals surface area contributed by atoms with E-state index in [4.69, 9.17) is 5.11 Å². The van der Waals surface area contributed by atoms with E-state index in [9.17, 15) is 29.7 Å². The molecule has 0 saturated heterocycles. The third-order valence-corrected chi connectivity index (χ3v) is 1.25. The molecule has 7 nitrogen and oxygen atoms in total. The van der Waals surface area contributed by atoms with Gasteiger partial charge in [0.1, 0.15) is 5.60 Å². The summed E-state index contributed by atoms with van der Waals surface area (Å²) in [6, 6.07) is 0. The number of carboxylic acid groups (broad SMARTS) is 3. The van der Waals surface area contributed by atoms with Gasteiger partial charge in [-0.3, -0.25) is 0 Å². The average molecular weight is 273 g/mol. The van der Waals surface area contributed by atoms with E-state index in [1.165, 1.54) is 0 Å². The van der Waals surface area contributed by atoms with Crippen molar-refractivity contribution in [2.75, 3.05) is 0 Å². The van der Waals surface area contributed by atoms with Crippen molar-refractivity contribution in [2.45, 2.75) is 18.4 Å². The molecule has 0 fully saturated rings. The van der Waals surface area contributed by atoms with E-state index >= 15 is 0 Å². The van der Waals surface area contributed by atoms with E-state index < -0.39 is 36.4 Å². The molecule has 0 aliphatic carbocycles. The normalized spacial score (nSPS) is 8.81. The first-order valence-electron chi connectivity index (χ1n) is 3.11. The molecule has 10 heteroatoms. The van der Waals surface area contributed by atoms with Crippen LogP contribution in [0, 0.1) is 0 Å². The Labute approximate surface area is 129 Å². The summed E-state index contributed by atoms with van der Waals surface area (Å²) in [5, 5.41) is 38.9. The molecule has 0 amide bonds. The van der Waals surface area contributed by atoms with Crippen molar-refractivity contribution < 1.29 is 47.2 Å². The Hall–Kier alpha value is 0.192. The number of carboxylic acids is 3. The number of hydrogen-bond acceptors (Lipinski definition) is 7. The molecule has 0 aromatic heterocycles. The zero-order chi connectivity index (χ0) is 10.6. The minimum Gasteiger partial charge on any atom is -1.00 e. The summed E-state index contributed by atoms with van der Waals surface area (Å²) < 4.78 is 0. The second kappa shape index (κ2) is 10.4. The topological polar surface area (TPSA) is 141 Å². The average Bonchev–Trinajstić information content (AvgIpc) is 1.82. The van der Waals surface area contributed by atoms with Gasteiger partial charge in [0.05, 0.1) is 5.97 Å². The van der Waals surface area contributed by atoms with Crippen LogP contribution >= 0.6 is 0 Å². The fourth-order valence-corrected chi connectivity index (χ4v) is 0.684. The number of aliphatic hydroxyl groups is 1. The Bertz CT molecular complexity index is 241. The second-order valence-electron chi connectivity index (χ2n) is 2.42. The molecule has 0 aromatic carbocycles. The smallest absolute Gasteiger partial charge is 1.00 e. The maximum absolute atomic E-state index is 10.1. The Morgan fingerprint density at radius 1 is 0.938 bits per heavy atom. The fourth-order valence-electron chi connectivity index (χ4n) is 0.684. The van der Waals surface area contributed by atoms with Crippen LogP contribution in [0.15, 0.2) is 0 Å². The van der Waals surface area contributed by atoms with Gasteiger partial charge in [0.2, 0.25) is 0 Å². The van der Waals surface area contributed by atoms with Crippen molar-refractivity contribution >= 4 is 64.0 Å². The summed E-state index contributed by atoms with van der Waals surface area (Å²) >= 11 is 0. The Balaban J connectivity index is -0.000000240. The summed E-state index contributed by atoms with van der Waals surface area (Å²) in [5.74, 6) is -5.98. The van der Waals surface area contributed by atoms with Crippen molar-refractivity contribution in [1.29, 1.82) is 0 Å². The van der Waals surface area contributed by atoms with Gasteiger partial charge in [-0.25, -0.2) is 0 Å². The summed E-state index contributed by atoms with van der Waals surface area (Å²) in [4.78, 5) is 30.0. The van der Waals surface area contributed by atoms with Gasteiger partial charge in [0.15, 0.2) is 0 Å². The number of halogens is 1. The number of aliphatic carboxylic acids is 3. The van der Waals surface area contributed by atoms with Gasteiger partial charge in [-0.2, -0.15) is 0 Å². The Kier molecular flexibility index (Phi) is 16.3. The predicted molar refractivity (Wildman–Crippen MR) is 40.7 cm³/mol. The molecule has 1 N–H and O–H groups in total. The number of rotatable bonds is 5. The minimum atomic E-state index is -2.97. The molecular formula is C6H5ClMg2O7. The van der Waals surface area contributed by atoms with Gasteiger partial charge >= 0.3 is 46.1 Å². The van der Waals surface area contributed by atoms with Crippen molar-refractivity contribution in [1.82, 2.24) is 0 Å². The number of hydrogen-bond donors (Lipinski definition) is 1. The van der Waals surface area contributed by atoms with Crippen LogP contribution in [0.2, 0.25) is 0 Å². The van der Waals surface area contributed by atoms with Crippen LogP contribution in [0.3, 0.4) is 0 Å². The van der Waals surface area contributed by atoms with E-state index in [2.05, 4.69) is 0 Å². The van der Waals surface area contributed by atoms with Gasteiger partial charge in [-0.15, -0.1) is 0 Å². The molecule has 0 unspecified atom stereocenters. The molecule has 0 bridgehead atoms. The van der Waals surface area contributed by atoms with Crippen LogP contribution < -0.4 is 27.7 Å². The number of carbonyl (C=O) groups excluding carboxylic acids is 3. The van der Waals surface area contributed by atoms with Gasteiger partial charge in [-0.05, 0) is 0 Å². The molecule has 16 heavy (non-hydrogen) atoms. The van der Waals surface area contributed by atoms with E-state index in [1.807, 2.05) is 0 Å². The molecular weight excluding hydrogens is 268 g/mol. The van der Waals surface area contributed by atoms with E-state index in [0.717, 1.165) is 0 Å². The van der Waals surface area contributed by atoms with Crippen molar-refractivity contribution in [2.24, 2.45) is 0 Å². The van der Waals surface area contributed by atoms with Gasteiger partial charge < -0.3 is 47.2 Å². The van der Waals surface area contributed by atoms with Crippen LogP contribution in [0.5, 0.6) is 0 Å². The molecule has 0 radical (unpaired) electrons. The third kappa shape index (κ3) is 9.42. The maximum atomic E-state index is 10.1. The molecule has 0 atom stereocenters. The Morgan fingerprint density at radius 3 is 1.31 bits per heavy atom. The first kappa shape index (κ1) is 25.1. The van der Waals surface area contributed by atoms with Crippen molar-refractivity contribution in [3.8, 4) is 0 Å². The predicted octanol–water partition coefficient (Wildman–Crippen LogP) is -9.01. The first-order chi connectivity index (χ1) is 5.78. The van der Waals surface area contributed by atoms with Gasteiger partial charge in [0.25, 0.3) is 0 Å². The third-order valence-electron chi connectivity index (χ3n) is 1.25. The van der Waals surface area contributed by atoms with Crippen molar-refractivity contribution in [3.63, 3.8) is 0 Å². The molecule has 0 aromatic rings. The molecule has 82 valence electrons. The largest absolute Gasteiger partial charge is 2.00 e. The zero-order valence-electron chi connectivity index (χ0n) is 8.10. The standard InChI is InChI=1S/C6H8O7.ClH.2Mg/c7-3(8)1-6(13,5(11)12)2-4(9)10;;;/h13H,1-2H2,(H,7,8)(H,9,10)(H,11,12);1H;;/q;;2*+2/p-4. The fraction of sp³-hybridized carbons (Fsp3) is 0.500. The molecule has 0 saturated carbocycles. The Morgan fingerprint density at radius 2 is 1.19 bits per heavy atom. The quantitative estimate of drug-likeness (QED) is 0.490. The van der Waals surface area contributed by atoms with Crippen molar-refractivity contribution in [3.05, 3.63) is 0 Å². The SMILES string of the molecule is O=C([O-])CC(O)(CC(=O)[O-])C(=O)[O-].[Cl-].[Mg+2].[Mg+2]. The molecule has 0 spiro atoms. The molecule has 0 rings (SSSR count). The molecule has 0 heterocycles. The van der Waals surface area contributed by atoms with Crippen LogP contribution in [-0.2, 0) is 14.4 Å². The van der Waals surface area contributed by atoms with Gasteiger partial charge in [0, 0.05) is 24.8 Å². The van der Waals surface area contributed by atoms with E-state index in [-0.39, 0.29) is 58.5 Å². The summed E-state index contributed by atoms with van der Waals surface area (Å²) in [5.41, 5.74) is -2.97. The second-order valence-corrected chi connectivity index (χ2v) is 2.42. The van der Waals surface area contributed by atoms with E-state index in [1.54, 1.807) is 0 Å². The number of carbonyl (C=O) groups is 3. The van der Waals surface area contributed by atoms with Crippen LogP contribution in [0.1, 0.15) is 12.8 Å². The minimum absolute atomic E-state index is 0. The molecule has 0 aliphatic heterocycles. The van der Waals surface area contributed by atoms with Gasteiger partial charge in [-0.1, -0.05) is 0 Å². The maximum Gasteiger partial charge on any atom is 2.00 e. The summed E-state index contributed by atoms with van der Waals surface area (Å²) in [6.07, 6.45) is -2.72. The van der Waals surface area contributed by atoms with Crippen LogP contribution in [-0.4, -0.2) is 74.7 Å². The zero-order valence-corrected chi connectivity index (χ0v) is 11.7.